The van der Waals surface area contributed by atoms with Crippen LogP contribution in [0.2, 0.25) is 0 Å². The SMILES string of the molecule is C=CC(=O)Nc1ccccc1CC(=O)N(C)CC(OC)C(C)C. The fourth-order valence-electron chi connectivity index (χ4n) is 2.21. The van der Waals surface area contributed by atoms with E-state index in [1.807, 2.05) is 18.2 Å². The summed E-state index contributed by atoms with van der Waals surface area (Å²) in [6.45, 7) is 8.09. The van der Waals surface area contributed by atoms with E-state index in [-0.39, 0.29) is 24.3 Å². The summed E-state index contributed by atoms with van der Waals surface area (Å²) < 4.78 is 5.41. The lowest BCUT2D eigenvalue weighted by molar-refractivity contribution is -0.131. The lowest BCUT2D eigenvalue weighted by Crippen LogP contribution is -2.38. The highest BCUT2D eigenvalue weighted by atomic mass is 16.5. The topological polar surface area (TPSA) is 58.6 Å². The third-order valence-electron chi connectivity index (χ3n) is 3.73. The van der Waals surface area contributed by atoms with Crippen LogP contribution in [-0.2, 0) is 20.7 Å². The first kappa shape index (κ1) is 18.9. The standard InChI is InChI=1S/C18H26N2O3/c1-6-17(21)19-15-10-8-7-9-14(15)11-18(22)20(4)12-16(23-5)13(2)3/h6-10,13,16H,1,11-12H2,2-5H3,(H,19,21). The zero-order valence-corrected chi connectivity index (χ0v) is 14.3. The zero-order valence-electron chi connectivity index (χ0n) is 14.3. The Labute approximate surface area is 138 Å². The van der Waals surface area contributed by atoms with Gasteiger partial charge in [0.25, 0.3) is 0 Å². The van der Waals surface area contributed by atoms with Crippen LogP contribution in [0.4, 0.5) is 5.69 Å². The molecule has 1 aromatic rings. The summed E-state index contributed by atoms with van der Waals surface area (Å²) >= 11 is 0. The van der Waals surface area contributed by atoms with Crippen molar-refractivity contribution in [3.63, 3.8) is 0 Å². The van der Waals surface area contributed by atoms with Gasteiger partial charge in [0.1, 0.15) is 0 Å². The molecule has 1 unspecified atom stereocenters. The molecule has 0 heterocycles. The number of amides is 2. The average molecular weight is 318 g/mol. The molecule has 1 aromatic carbocycles. The Kier molecular flexibility index (Phi) is 7.48. The van der Waals surface area contributed by atoms with Crippen LogP contribution in [0.25, 0.3) is 0 Å². The van der Waals surface area contributed by atoms with Crippen molar-refractivity contribution in [2.75, 3.05) is 26.0 Å². The number of benzene rings is 1. The minimum atomic E-state index is -0.294. The van der Waals surface area contributed by atoms with Gasteiger partial charge >= 0.3 is 0 Å². The summed E-state index contributed by atoms with van der Waals surface area (Å²) in [5, 5.41) is 2.72. The largest absolute Gasteiger partial charge is 0.379 e. The molecular weight excluding hydrogens is 292 g/mol. The van der Waals surface area contributed by atoms with Gasteiger partial charge in [-0.25, -0.2) is 0 Å². The van der Waals surface area contributed by atoms with E-state index in [2.05, 4.69) is 25.7 Å². The number of rotatable bonds is 8. The second-order valence-corrected chi connectivity index (χ2v) is 5.82. The van der Waals surface area contributed by atoms with E-state index in [4.69, 9.17) is 4.74 Å². The molecule has 0 aliphatic rings. The Balaban J connectivity index is 2.77. The summed E-state index contributed by atoms with van der Waals surface area (Å²) in [5.74, 6) is 0.0138. The highest BCUT2D eigenvalue weighted by Crippen LogP contribution is 2.17. The average Bonchev–Trinajstić information content (AvgIpc) is 2.53. The van der Waals surface area contributed by atoms with Gasteiger partial charge < -0.3 is 15.0 Å². The molecule has 1 rings (SSSR count). The minimum Gasteiger partial charge on any atom is -0.379 e. The van der Waals surface area contributed by atoms with Gasteiger partial charge in [0.15, 0.2) is 0 Å². The van der Waals surface area contributed by atoms with Crippen LogP contribution in [0.1, 0.15) is 19.4 Å². The summed E-state index contributed by atoms with van der Waals surface area (Å²) in [4.78, 5) is 25.6. The molecule has 126 valence electrons. The van der Waals surface area contributed by atoms with E-state index in [1.165, 1.54) is 6.08 Å². The lowest BCUT2D eigenvalue weighted by Gasteiger charge is -2.26. The fourth-order valence-corrected chi connectivity index (χ4v) is 2.21. The highest BCUT2D eigenvalue weighted by Gasteiger charge is 2.19. The molecule has 5 nitrogen and oxygen atoms in total. The number of anilines is 1. The van der Waals surface area contributed by atoms with Crippen molar-refractivity contribution >= 4 is 17.5 Å². The maximum atomic E-state index is 12.4. The lowest BCUT2D eigenvalue weighted by atomic mass is 10.1. The van der Waals surface area contributed by atoms with Gasteiger partial charge in [-0.2, -0.15) is 0 Å². The molecule has 0 aliphatic carbocycles. The van der Waals surface area contributed by atoms with Crippen LogP contribution in [0.3, 0.4) is 0 Å². The number of carbonyl (C=O) groups excluding carboxylic acids is 2. The third-order valence-corrected chi connectivity index (χ3v) is 3.73. The maximum absolute atomic E-state index is 12.4. The van der Waals surface area contributed by atoms with Crippen molar-refractivity contribution in [2.24, 2.45) is 5.92 Å². The summed E-state index contributed by atoms with van der Waals surface area (Å²) in [5.41, 5.74) is 1.41. The van der Waals surface area contributed by atoms with Crippen LogP contribution < -0.4 is 5.32 Å². The van der Waals surface area contributed by atoms with E-state index >= 15 is 0 Å². The molecule has 0 radical (unpaired) electrons. The van der Waals surface area contributed by atoms with Crippen molar-refractivity contribution in [2.45, 2.75) is 26.4 Å². The number of likely N-dealkylation sites (N-methyl/N-ethyl adjacent to an activating group) is 1. The van der Waals surface area contributed by atoms with E-state index in [9.17, 15) is 9.59 Å². The summed E-state index contributed by atoms with van der Waals surface area (Å²) in [6.07, 6.45) is 1.43. The van der Waals surface area contributed by atoms with Crippen LogP contribution >= 0.6 is 0 Å². The number of hydrogen-bond donors (Lipinski definition) is 1. The molecule has 1 atom stereocenters. The Bertz CT molecular complexity index is 555. The van der Waals surface area contributed by atoms with E-state index in [1.54, 1.807) is 25.1 Å². The van der Waals surface area contributed by atoms with Crippen molar-refractivity contribution in [3.8, 4) is 0 Å². The summed E-state index contributed by atoms with van der Waals surface area (Å²) in [7, 11) is 3.42. The first-order valence-electron chi connectivity index (χ1n) is 7.67. The summed E-state index contributed by atoms with van der Waals surface area (Å²) in [6, 6.07) is 7.27. The maximum Gasteiger partial charge on any atom is 0.247 e. The van der Waals surface area contributed by atoms with Gasteiger partial charge in [-0.05, 0) is 23.6 Å². The van der Waals surface area contributed by atoms with Gasteiger partial charge in [0.05, 0.1) is 12.5 Å². The number of nitrogens with one attached hydrogen (secondary N) is 1. The Morgan fingerprint density at radius 1 is 1.35 bits per heavy atom. The van der Waals surface area contributed by atoms with Crippen LogP contribution in [0.15, 0.2) is 36.9 Å². The minimum absolute atomic E-state index is 0.000313. The third kappa shape index (κ3) is 5.87. The molecule has 23 heavy (non-hydrogen) atoms. The van der Waals surface area contributed by atoms with Gasteiger partial charge in [0.2, 0.25) is 11.8 Å². The van der Waals surface area contributed by atoms with E-state index in [0.717, 1.165) is 5.56 Å². The molecule has 5 heteroatoms. The van der Waals surface area contributed by atoms with Gasteiger partial charge in [-0.15, -0.1) is 0 Å². The number of methoxy groups -OCH3 is 1. The molecule has 0 aromatic heterocycles. The normalized spacial score (nSPS) is 11.9. The molecule has 2 amide bonds. The number of ether oxygens (including phenoxy) is 1. The smallest absolute Gasteiger partial charge is 0.247 e. The zero-order chi connectivity index (χ0) is 17.4. The van der Waals surface area contributed by atoms with Crippen LogP contribution in [-0.4, -0.2) is 43.5 Å². The van der Waals surface area contributed by atoms with Crippen molar-refractivity contribution in [3.05, 3.63) is 42.5 Å². The van der Waals surface area contributed by atoms with E-state index in [0.29, 0.717) is 18.2 Å². The highest BCUT2D eigenvalue weighted by molar-refractivity contribution is 5.99. The van der Waals surface area contributed by atoms with Gasteiger partial charge in [-0.1, -0.05) is 38.6 Å². The molecule has 0 bridgehead atoms. The molecular formula is C18H26N2O3. The monoisotopic (exact) mass is 318 g/mol. The predicted molar refractivity (Wildman–Crippen MR) is 92.2 cm³/mol. The molecule has 0 aliphatic heterocycles. The molecule has 0 saturated heterocycles. The van der Waals surface area contributed by atoms with Crippen molar-refractivity contribution in [1.82, 2.24) is 4.90 Å². The number of para-hydroxylation sites is 1. The first-order valence-corrected chi connectivity index (χ1v) is 7.67. The predicted octanol–water partition coefficient (Wildman–Crippen LogP) is 2.48. The van der Waals surface area contributed by atoms with Gasteiger partial charge in [-0.3, -0.25) is 9.59 Å². The van der Waals surface area contributed by atoms with Gasteiger partial charge in [0, 0.05) is 26.4 Å². The first-order chi connectivity index (χ1) is 10.9. The Morgan fingerprint density at radius 3 is 2.57 bits per heavy atom. The second kappa shape index (κ2) is 9.10. The Hall–Kier alpha value is -2.14. The molecule has 1 N–H and O–H groups in total. The Morgan fingerprint density at radius 2 is 2.00 bits per heavy atom. The van der Waals surface area contributed by atoms with E-state index < -0.39 is 0 Å². The molecule has 0 spiro atoms. The van der Waals surface area contributed by atoms with Crippen molar-refractivity contribution in [1.29, 1.82) is 0 Å². The van der Waals surface area contributed by atoms with Crippen molar-refractivity contribution < 1.29 is 14.3 Å². The van der Waals surface area contributed by atoms with Crippen LogP contribution in [0.5, 0.6) is 0 Å². The quantitative estimate of drug-likeness (QED) is 0.749. The number of hydrogen-bond acceptors (Lipinski definition) is 3. The number of carbonyl (C=O) groups is 2. The van der Waals surface area contributed by atoms with Crippen LogP contribution in [0, 0.1) is 5.92 Å². The molecule has 0 saturated carbocycles. The number of nitrogens with zero attached hydrogens (tertiary/aromatic N) is 1. The second-order valence-electron chi connectivity index (χ2n) is 5.82. The molecule has 0 fully saturated rings. The fraction of sp³-hybridized carbons (Fsp3) is 0.444.